The van der Waals surface area contributed by atoms with Gasteiger partial charge in [-0.3, -0.25) is 0 Å². The molecule has 20 heavy (non-hydrogen) atoms. The number of hydrogen-bond acceptors (Lipinski definition) is 5. The summed E-state index contributed by atoms with van der Waals surface area (Å²) >= 11 is 1.74. The highest BCUT2D eigenvalue weighted by Crippen LogP contribution is 2.27. The fraction of sp³-hybridized carbons (Fsp3) is 0.200. The van der Waals surface area contributed by atoms with E-state index in [1.807, 2.05) is 12.1 Å². The third-order valence-corrected chi connectivity index (χ3v) is 4.17. The van der Waals surface area contributed by atoms with Gasteiger partial charge in [-0.15, -0.1) is 11.8 Å². The van der Waals surface area contributed by atoms with E-state index in [1.54, 1.807) is 18.0 Å². The summed E-state index contributed by atoms with van der Waals surface area (Å²) in [5.41, 5.74) is 12.3. The molecular weight excluding hydrogens is 268 g/mol. The van der Waals surface area contributed by atoms with Crippen LogP contribution in [0.25, 0.3) is 0 Å². The van der Waals surface area contributed by atoms with E-state index in [2.05, 4.69) is 46.0 Å². The van der Waals surface area contributed by atoms with Crippen LogP contribution >= 0.6 is 11.8 Å². The smallest absolute Gasteiger partial charge is 0.128 e. The number of pyridine rings is 1. The quantitative estimate of drug-likeness (QED) is 0.851. The van der Waals surface area contributed by atoms with Crippen molar-refractivity contribution in [3.8, 4) is 0 Å². The molecule has 0 saturated heterocycles. The predicted octanol–water partition coefficient (Wildman–Crippen LogP) is 2.82. The topological polar surface area (TPSA) is 63.3 Å². The van der Waals surface area contributed by atoms with Crippen molar-refractivity contribution in [3.63, 3.8) is 0 Å². The first kappa shape index (κ1) is 13.0. The molecule has 0 saturated carbocycles. The third kappa shape index (κ3) is 2.49. The van der Waals surface area contributed by atoms with Crippen LogP contribution in [-0.4, -0.2) is 17.0 Å². The Labute approximate surface area is 122 Å². The fourth-order valence-electron chi connectivity index (χ4n) is 2.31. The second-order valence-electron chi connectivity index (χ2n) is 4.65. The molecule has 0 fully saturated rings. The van der Waals surface area contributed by atoms with Crippen LogP contribution in [0, 0.1) is 0 Å². The van der Waals surface area contributed by atoms with Gasteiger partial charge in [0, 0.05) is 23.1 Å². The van der Waals surface area contributed by atoms with E-state index in [0.29, 0.717) is 5.82 Å². The highest BCUT2D eigenvalue weighted by Gasteiger charge is 2.23. The highest BCUT2D eigenvalue weighted by molar-refractivity contribution is 7.98. The molecule has 5 heteroatoms. The summed E-state index contributed by atoms with van der Waals surface area (Å²) in [5.74, 6) is 0.569. The van der Waals surface area contributed by atoms with E-state index < -0.39 is 0 Å². The molecule has 0 bridgehead atoms. The van der Waals surface area contributed by atoms with Crippen molar-refractivity contribution in [1.82, 2.24) is 10.4 Å². The Balaban J connectivity index is 1.77. The monoisotopic (exact) mass is 284 g/mol. The molecule has 1 unspecified atom stereocenters. The fourth-order valence-corrected chi connectivity index (χ4v) is 2.72. The molecule has 0 amide bonds. The lowest BCUT2D eigenvalue weighted by Crippen LogP contribution is -2.12. The van der Waals surface area contributed by atoms with Gasteiger partial charge in [0.1, 0.15) is 5.82 Å². The number of nitrogens with two attached hydrogens (primary N) is 1. The number of benzene rings is 1. The number of hydrogen-bond donors (Lipinski definition) is 2. The van der Waals surface area contributed by atoms with Crippen molar-refractivity contribution in [3.05, 3.63) is 53.7 Å². The normalized spacial score (nSPS) is 17.6. The van der Waals surface area contributed by atoms with Gasteiger partial charge in [-0.05, 0) is 30.0 Å². The molecule has 0 radical (unpaired) electrons. The van der Waals surface area contributed by atoms with E-state index >= 15 is 0 Å². The zero-order chi connectivity index (χ0) is 13.9. The lowest BCUT2D eigenvalue weighted by Gasteiger charge is -2.11. The van der Waals surface area contributed by atoms with Crippen LogP contribution in [0.2, 0.25) is 0 Å². The van der Waals surface area contributed by atoms with Crippen molar-refractivity contribution in [2.45, 2.75) is 17.4 Å². The zero-order valence-electron chi connectivity index (χ0n) is 11.2. The van der Waals surface area contributed by atoms with E-state index in [0.717, 1.165) is 23.3 Å². The maximum absolute atomic E-state index is 5.92. The van der Waals surface area contributed by atoms with E-state index in [9.17, 15) is 0 Å². The van der Waals surface area contributed by atoms with Crippen molar-refractivity contribution in [1.29, 1.82) is 0 Å². The molecule has 1 aromatic heterocycles. The average molecular weight is 284 g/mol. The summed E-state index contributed by atoms with van der Waals surface area (Å²) < 4.78 is 0. The Bertz CT molecular complexity index is 637. The van der Waals surface area contributed by atoms with Crippen LogP contribution in [0.3, 0.4) is 0 Å². The van der Waals surface area contributed by atoms with E-state index in [-0.39, 0.29) is 6.04 Å². The Kier molecular flexibility index (Phi) is 3.60. The van der Waals surface area contributed by atoms with Crippen molar-refractivity contribution in [2.24, 2.45) is 5.10 Å². The maximum Gasteiger partial charge on any atom is 0.128 e. The Hall–Kier alpha value is -2.01. The zero-order valence-corrected chi connectivity index (χ0v) is 12.0. The van der Waals surface area contributed by atoms with Gasteiger partial charge in [0.15, 0.2) is 0 Å². The summed E-state index contributed by atoms with van der Waals surface area (Å²) in [6, 6.07) is 12.5. The van der Waals surface area contributed by atoms with Gasteiger partial charge in [0.05, 0.1) is 11.8 Å². The summed E-state index contributed by atoms with van der Waals surface area (Å²) in [5, 5.41) is 4.44. The van der Waals surface area contributed by atoms with Gasteiger partial charge in [-0.1, -0.05) is 18.2 Å². The first-order valence-corrected chi connectivity index (χ1v) is 7.67. The molecule has 3 N–H and O–H groups in total. The van der Waals surface area contributed by atoms with Crippen molar-refractivity contribution < 1.29 is 0 Å². The molecule has 3 rings (SSSR count). The van der Waals surface area contributed by atoms with Crippen LogP contribution < -0.4 is 11.2 Å². The van der Waals surface area contributed by atoms with Crippen molar-refractivity contribution >= 4 is 23.3 Å². The number of rotatable bonds is 3. The minimum Gasteiger partial charge on any atom is -0.383 e. The predicted molar refractivity (Wildman–Crippen MR) is 83.9 cm³/mol. The van der Waals surface area contributed by atoms with Gasteiger partial charge in [0.25, 0.3) is 0 Å². The number of thioether (sulfide) groups is 1. The standard InChI is InChI=1S/C15H16N4S/c1-20-11-6-4-10(5-7-11)13-9-14(19-18-13)12-3-2-8-17-15(12)16/h2-8,14,19H,9H2,1H3,(H2,16,17). The van der Waals surface area contributed by atoms with Crippen LogP contribution in [-0.2, 0) is 0 Å². The first-order chi connectivity index (χ1) is 9.78. The maximum atomic E-state index is 5.92. The summed E-state index contributed by atoms with van der Waals surface area (Å²) in [6.45, 7) is 0. The van der Waals surface area contributed by atoms with Gasteiger partial charge in [0.2, 0.25) is 0 Å². The van der Waals surface area contributed by atoms with E-state index in [1.165, 1.54) is 4.90 Å². The molecular formula is C15H16N4S. The summed E-state index contributed by atoms with van der Waals surface area (Å²) in [7, 11) is 0. The molecule has 1 aliphatic heterocycles. The Morgan fingerprint density at radius 1 is 1.25 bits per heavy atom. The second-order valence-corrected chi connectivity index (χ2v) is 5.53. The number of nitrogen functional groups attached to an aromatic ring is 1. The minimum absolute atomic E-state index is 0.110. The molecule has 4 nitrogen and oxygen atoms in total. The van der Waals surface area contributed by atoms with Gasteiger partial charge in [-0.2, -0.15) is 5.10 Å². The second kappa shape index (κ2) is 5.54. The number of anilines is 1. The average Bonchev–Trinajstić information content (AvgIpc) is 2.97. The van der Waals surface area contributed by atoms with Crippen LogP contribution in [0.4, 0.5) is 5.82 Å². The van der Waals surface area contributed by atoms with Crippen LogP contribution in [0.5, 0.6) is 0 Å². The number of hydrazone groups is 1. The SMILES string of the molecule is CSc1ccc(C2=NNC(c3cccnc3N)C2)cc1. The van der Waals surface area contributed by atoms with Gasteiger partial charge >= 0.3 is 0 Å². The van der Waals surface area contributed by atoms with Crippen LogP contribution in [0.1, 0.15) is 23.6 Å². The molecule has 1 atom stereocenters. The largest absolute Gasteiger partial charge is 0.383 e. The summed E-state index contributed by atoms with van der Waals surface area (Å²) in [6.07, 6.45) is 4.61. The summed E-state index contributed by atoms with van der Waals surface area (Å²) in [4.78, 5) is 5.39. The minimum atomic E-state index is 0.110. The molecule has 0 aliphatic carbocycles. The lowest BCUT2D eigenvalue weighted by molar-refractivity contribution is 0.620. The first-order valence-electron chi connectivity index (χ1n) is 6.45. The Morgan fingerprint density at radius 2 is 2.05 bits per heavy atom. The highest BCUT2D eigenvalue weighted by atomic mass is 32.2. The molecule has 2 heterocycles. The number of nitrogens with zero attached hydrogens (tertiary/aromatic N) is 2. The molecule has 1 aliphatic rings. The third-order valence-electron chi connectivity index (χ3n) is 3.42. The van der Waals surface area contributed by atoms with E-state index in [4.69, 9.17) is 5.73 Å². The molecule has 2 aromatic rings. The van der Waals surface area contributed by atoms with Gasteiger partial charge < -0.3 is 11.2 Å². The lowest BCUT2D eigenvalue weighted by atomic mass is 10.00. The van der Waals surface area contributed by atoms with Crippen LogP contribution in [0.15, 0.2) is 52.6 Å². The molecule has 0 spiro atoms. The number of nitrogens with one attached hydrogen (secondary N) is 1. The van der Waals surface area contributed by atoms with Crippen molar-refractivity contribution in [2.75, 3.05) is 12.0 Å². The molecule has 102 valence electrons. The number of aromatic nitrogens is 1. The van der Waals surface area contributed by atoms with Gasteiger partial charge in [-0.25, -0.2) is 4.98 Å². The molecule has 1 aromatic carbocycles. The Morgan fingerprint density at radius 3 is 2.75 bits per heavy atom.